The van der Waals surface area contributed by atoms with E-state index in [4.69, 9.17) is 16.3 Å². The Labute approximate surface area is 197 Å². The summed E-state index contributed by atoms with van der Waals surface area (Å²) >= 11 is 9.55. The molecule has 1 fully saturated rings. The van der Waals surface area contributed by atoms with E-state index in [1.165, 1.54) is 4.68 Å². The lowest BCUT2D eigenvalue weighted by atomic mass is 10.2. The van der Waals surface area contributed by atoms with Crippen LogP contribution in [0.4, 0.5) is 5.69 Å². The highest BCUT2D eigenvalue weighted by Crippen LogP contribution is 2.25. The fraction of sp³-hybridized carbons (Fsp3) is 0.227. The van der Waals surface area contributed by atoms with Gasteiger partial charge in [0.15, 0.2) is 0 Å². The van der Waals surface area contributed by atoms with Gasteiger partial charge in [0, 0.05) is 23.0 Å². The van der Waals surface area contributed by atoms with Crippen molar-refractivity contribution in [1.29, 1.82) is 0 Å². The molecule has 32 heavy (non-hydrogen) atoms. The summed E-state index contributed by atoms with van der Waals surface area (Å²) in [6, 6.07) is 13.8. The third kappa shape index (κ3) is 4.95. The fourth-order valence-electron chi connectivity index (χ4n) is 3.47. The van der Waals surface area contributed by atoms with Gasteiger partial charge in [-0.05, 0) is 49.2 Å². The molecule has 2 heterocycles. The number of para-hydroxylation sites is 1. The third-order valence-corrected chi connectivity index (χ3v) is 5.87. The van der Waals surface area contributed by atoms with E-state index in [0.29, 0.717) is 28.2 Å². The molecule has 1 atom stereocenters. The number of halogens is 2. The normalized spacial score (nSPS) is 15.5. The third-order valence-electron chi connectivity index (χ3n) is 5.05. The van der Waals surface area contributed by atoms with Crippen LogP contribution in [0.15, 0.2) is 53.0 Å². The monoisotopic (exact) mass is 518 g/mol. The summed E-state index contributed by atoms with van der Waals surface area (Å²) in [4.78, 5) is 37.9. The minimum Gasteiger partial charge on any atom is -0.376 e. The highest BCUT2D eigenvalue weighted by Gasteiger charge is 2.23. The molecule has 166 valence electrons. The molecule has 3 amide bonds. The van der Waals surface area contributed by atoms with Crippen molar-refractivity contribution >= 4 is 61.8 Å². The maximum Gasteiger partial charge on any atom is 0.328 e. The van der Waals surface area contributed by atoms with Crippen LogP contribution in [0, 0.1) is 0 Å². The minimum absolute atomic E-state index is 0.0894. The number of nitrogens with one attached hydrogen (secondary N) is 3. The number of anilines is 1. The van der Waals surface area contributed by atoms with Crippen LogP contribution in [-0.4, -0.2) is 41.7 Å². The molecule has 1 aliphatic heterocycles. The highest BCUT2D eigenvalue weighted by molar-refractivity contribution is 9.10. The summed E-state index contributed by atoms with van der Waals surface area (Å²) < 4.78 is 7.55. The smallest absolute Gasteiger partial charge is 0.328 e. The molecule has 0 radical (unpaired) electrons. The van der Waals surface area contributed by atoms with Gasteiger partial charge in [0.05, 0.1) is 22.3 Å². The van der Waals surface area contributed by atoms with Crippen LogP contribution in [0.1, 0.15) is 23.3 Å². The summed E-state index contributed by atoms with van der Waals surface area (Å²) in [6.07, 6.45) is 1.68. The molecule has 1 aliphatic rings. The van der Waals surface area contributed by atoms with E-state index >= 15 is 0 Å². The maximum atomic E-state index is 13.0. The number of rotatable bonds is 5. The Morgan fingerprint density at radius 1 is 1.12 bits per heavy atom. The Kier molecular flexibility index (Phi) is 6.78. The number of ether oxygens (including phenoxy) is 1. The van der Waals surface area contributed by atoms with Crippen LogP contribution in [0.5, 0.6) is 0 Å². The minimum atomic E-state index is -0.893. The van der Waals surface area contributed by atoms with Gasteiger partial charge in [-0.1, -0.05) is 39.7 Å². The standard InChI is InChI=1S/C22H20BrClN4O4/c23-14-7-8-18-13(10-14)11-19(20(29)26-17-6-2-1-5-16(17)24)28(18)27-22(31)21(30)25-12-15-4-3-9-32-15/h1-2,5-8,10-11,15H,3-4,9,12H2,(H,25,30)(H,26,29)(H,27,31)/t15-/m0/s1. The zero-order valence-electron chi connectivity index (χ0n) is 16.9. The van der Waals surface area contributed by atoms with Crippen molar-refractivity contribution in [1.82, 2.24) is 9.99 Å². The number of amides is 3. The van der Waals surface area contributed by atoms with E-state index in [9.17, 15) is 14.4 Å². The second-order valence-electron chi connectivity index (χ2n) is 7.29. The summed E-state index contributed by atoms with van der Waals surface area (Å²) in [5.74, 6) is -2.20. The van der Waals surface area contributed by atoms with Crippen molar-refractivity contribution in [3.8, 4) is 0 Å². The number of benzene rings is 2. The lowest BCUT2D eigenvalue weighted by Gasteiger charge is -2.14. The van der Waals surface area contributed by atoms with Crippen LogP contribution in [-0.2, 0) is 14.3 Å². The average molecular weight is 520 g/mol. The second kappa shape index (κ2) is 9.72. The van der Waals surface area contributed by atoms with Crippen molar-refractivity contribution < 1.29 is 19.1 Å². The van der Waals surface area contributed by atoms with Crippen molar-refractivity contribution in [2.75, 3.05) is 23.9 Å². The number of hydrogen-bond acceptors (Lipinski definition) is 4. The predicted octanol–water partition coefficient (Wildman–Crippen LogP) is 3.67. The Morgan fingerprint density at radius 2 is 1.94 bits per heavy atom. The molecule has 0 unspecified atom stereocenters. The summed E-state index contributed by atoms with van der Waals surface area (Å²) in [7, 11) is 0. The van der Waals surface area contributed by atoms with Gasteiger partial charge in [-0.3, -0.25) is 19.8 Å². The maximum absolute atomic E-state index is 13.0. The number of carbonyl (C=O) groups is 3. The summed E-state index contributed by atoms with van der Waals surface area (Å²) in [5, 5.41) is 6.39. The second-order valence-corrected chi connectivity index (χ2v) is 8.61. The first-order valence-corrected chi connectivity index (χ1v) is 11.2. The Hall–Kier alpha value is -2.88. The molecular formula is C22H20BrClN4O4. The lowest BCUT2D eigenvalue weighted by molar-refractivity contribution is -0.136. The van der Waals surface area contributed by atoms with Gasteiger partial charge < -0.3 is 15.4 Å². The molecule has 0 bridgehead atoms. The van der Waals surface area contributed by atoms with Crippen molar-refractivity contribution in [3.63, 3.8) is 0 Å². The molecule has 0 spiro atoms. The van der Waals surface area contributed by atoms with Gasteiger partial charge in [0.25, 0.3) is 5.91 Å². The average Bonchev–Trinajstić information content (AvgIpc) is 3.41. The summed E-state index contributed by atoms with van der Waals surface area (Å²) in [5.41, 5.74) is 3.64. The molecule has 4 rings (SSSR count). The molecule has 3 N–H and O–H groups in total. The van der Waals surface area contributed by atoms with Crippen LogP contribution in [0.3, 0.4) is 0 Å². The van der Waals surface area contributed by atoms with Gasteiger partial charge in [0.1, 0.15) is 5.69 Å². The molecule has 2 aromatic carbocycles. The molecule has 0 aliphatic carbocycles. The quantitative estimate of drug-likeness (QED) is 0.448. The SMILES string of the molecule is O=C(NC[C@@H]1CCCO1)C(=O)Nn1c(C(=O)Nc2ccccc2Cl)cc2cc(Br)ccc21. The van der Waals surface area contributed by atoms with Gasteiger partial charge in [0.2, 0.25) is 0 Å². The zero-order valence-corrected chi connectivity index (χ0v) is 19.2. The highest BCUT2D eigenvalue weighted by atomic mass is 79.9. The van der Waals surface area contributed by atoms with E-state index in [2.05, 4.69) is 32.0 Å². The van der Waals surface area contributed by atoms with Crippen molar-refractivity contribution in [3.05, 3.63) is 63.7 Å². The molecule has 3 aromatic rings. The Bertz CT molecular complexity index is 1190. The van der Waals surface area contributed by atoms with Crippen LogP contribution >= 0.6 is 27.5 Å². The van der Waals surface area contributed by atoms with Crippen molar-refractivity contribution in [2.24, 2.45) is 0 Å². The van der Waals surface area contributed by atoms with Crippen LogP contribution < -0.4 is 16.1 Å². The van der Waals surface area contributed by atoms with E-state index in [-0.39, 0.29) is 18.3 Å². The van der Waals surface area contributed by atoms with E-state index in [1.54, 1.807) is 42.5 Å². The fourth-order valence-corrected chi connectivity index (χ4v) is 4.03. The van der Waals surface area contributed by atoms with E-state index < -0.39 is 17.7 Å². The first-order valence-electron chi connectivity index (χ1n) is 10.00. The first kappa shape index (κ1) is 22.3. The molecule has 10 heteroatoms. The van der Waals surface area contributed by atoms with Crippen molar-refractivity contribution in [2.45, 2.75) is 18.9 Å². The summed E-state index contributed by atoms with van der Waals surface area (Å²) in [6.45, 7) is 0.910. The Balaban J connectivity index is 1.57. The van der Waals surface area contributed by atoms with E-state index in [1.807, 2.05) is 6.07 Å². The van der Waals surface area contributed by atoms with E-state index in [0.717, 1.165) is 17.3 Å². The van der Waals surface area contributed by atoms with Crippen LogP contribution in [0.25, 0.3) is 10.9 Å². The number of carbonyl (C=O) groups excluding carboxylic acids is 3. The van der Waals surface area contributed by atoms with Gasteiger partial charge in [-0.25, -0.2) is 4.68 Å². The Morgan fingerprint density at radius 3 is 2.69 bits per heavy atom. The molecule has 0 saturated carbocycles. The lowest BCUT2D eigenvalue weighted by Crippen LogP contribution is -2.42. The molecule has 1 saturated heterocycles. The molecule has 1 aromatic heterocycles. The van der Waals surface area contributed by atoms with Gasteiger partial charge in [-0.15, -0.1) is 0 Å². The zero-order chi connectivity index (χ0) is 22.7. The van der Waals surface area contributed by atoms with Gasteiger partial charge in [-0.2, -0.15) is 0 Å². The number of aromatic nitrogens is 1. The number of nitrogens with zero attached hydrogens (tertiary/aromatic N) is 1. The number of hydrogen-bond donors (Lipinski definition) is 3. The first-order chi connectivity index (χ1) is 15.4. The largest absolute Gasteiger partial charge is 0.376 e. The van der Waals surface area contributed by atoms with Crippen LogP contribution in [0.2, 0.25) is 5.02 Å². The topological polar surface area (TPSA) is 101 Å². The number of fused-ring (bicyclic) bond motifs is 1. The molecule has 8 nitrogen and oxygen atoms in total. The molecular weight excluding hydrogens is 500 g/mol. The van der Waals surface area contributed by atoms with Gasteiger partial charge >= 0.3 is 11.8 Å². The predicted molar refractivity (Wildman–Crippen MR) is 125 cm³/mol.